The van der Waals surface area contributed by atoms with Crippen molar-refractivity contribution in [1.29, 1.82) is 0 Å². The number of benzene rings is 2. The third-order valence-corrected chi connectivity index (χ3v) is 7.08. The second-order valence-electron chi connectivity index (χ2n) is 12.1. The fraction of sp³-hybridized carbons (Fsp3) is 0.559. The van der Waals surface area contributed by atoms with Crippen molar-refractivity contribution in [2.75, 3.05) is 13.1 Å². The molecular formula is C34H51N3O6. The van der Waals surface area contributed by atoms with Crippen molar-refractivity contribution in [1.82, 2.24) is 15.5 Å². The number of aromatic hydroxyl groups is 2. The summed E-state index contributed by atoms with van der Waals surface area (Å²) in [4.78, 5) is 42.9. The van der Waals surface area contributed by atoms with Gasteiger partial charge in [0.25, 0.3) is 0 Å². The first kappa shape index (κ1) is 35.4. The Kier molecular flexibility index (Phi) is 14.3. The zero-order valence-electron chi connectivity index (χ0n) is 26.7. The van der Waals surface area contributed by atoms with Crippen molar-refractivity contribution in [3.63, 3.8) is 0 Å². The molecule has 238 valence electrons. The molecule has 2 aromatic rings. The molecule has 43 heavy (non-hydrogen) atoms. The Morgan fingerprint density at radius 1 is 0.907 bits per heavy atom. The number of nitrogens with one attached hydrogen (secondary N) is 2. The molecule has 0 radical (unpaired) electrons. The van der Waals surface area contributed by atoms with Gasteiger partial charge < -0.3 is 30.5 Å². The zero-order valence-corrected chi connectivity index (χ0v) is 26.7. The number of unbranched alkanes of at least 4 members (excludes halogenated alkanes) is 5. The number of alkyl carbamates (subject to hydrolysis) is 1. The van der Waals surface area contributed by atoms with Gasteiger partial charge in [-0.1, -0.05) is 64.2 Å². The first-order valence-electron chi connectivity index (χ1n) is 15.5. The van der Waals surface area contributed by atoms with Crippen molar-refractivity contribution in [2.45, 2.75) is 111 Å². The lowest BCUT2D eigenvalue weighted by molar-refractivity contribution is -0.142. The maximum Gasteiger partial charge on any atom is 0.408 e. The van der Waals surface area contributed by atoms with Crippen LogP contribution in [0.15, 0.2) is 42.5 Å². The topological polar surface area (TPSA) is 128 Å². The number of carbonyl (C=O) groups excluding carboxylic acids is 3. The lowest BCUT2D eigenvalue weighted by Gasteiger charge is -2.35. The fourth-order valence-electron chi connectivity index (χ4n) is 4.80. The Bertz CT molecular complexity index is 1180. The van der Waals surface area contributed by atoms with Crippen molar-refractivity contribution >= 4 is 17.9 Å². The number of nitrogens with zero attached hydrogens (tertiary/aromatic N) is 1. The fourth-order valence-corrected chi connectivity index (χ4v) is 4.80. The molecule has 2 aromatic carbocycles. The van der Waals surface area contributed by atoms with Crippen LogP contribution in [0.2, 0.25) is 0 Å². The molecule has 0 spiro atoms. The van der Waals surface area contributed by atoms with Crippen LogP contribution in [0.25, 0.3) is 0 Å². The normalized spacial score (nSPS) is 12.7. The van der Waals surface area contributed by atoms with Crippen molar-refractivity contribution in [2.24, 2.45) is 0 Å². The summed E-state index contributed by atoms with van der Waals surface area (Å²) in [5.74, 6) is -0.546. The predicted molar refractivity (Wildman–Crippen MR) is 169 cm³/mol. The molecule has 9 heteroatoms. The molecule has 0 aromatic heterocycles. The average Bonchev–Trinajstić information content (AvgIpc) is 2.94. The van der Waals surface area contributed by atoms with E-state index in [9.17, 15) is 24.6 Å². The number of rotatable bonds is 16. The van der Waals surface area contributed by atoms with E-state index in [1.54, 1.807) is 56.9 Å². The molecular weight excluding hydrogens is 546 g/mol. The maximum absolute atomic E-state index is 14.5. The smallest absolute Gasteiger partial charge is 0.408 e. The van der Waals surface area contributed by atoms with Crippen LogP contribution in [0, 0.1) is 6.92 Å². The molecule has 0 fully saturated rings. The minimum Gasteiger partial charge on any atom is -0.508 e. The minimum atomic E-state index is -1.04. The van der Waals surface area contributed by atoms with E-state index in [1.807, 2.05) is 0 Å². The summed E-state index contributed by atoms with van der Waals surface area (Å²) in [6.07, 6.45) is 5.73. The number of phenols is 2. The van der Waals surface area contributed by atoms with E-state index < -0.39 is 29.7 Å². The van der Waals surface area contributed by atoms with Gasteiger partial charge in [0.05, 0.1) is 0 Å². The van der Waals surface area contributed by atoms with Crippen LogP contribution in [-0.2, 0) is 20.7 Å². The molecule has 0 aliphatic carbocycles. The number of amides is 3. The van der Waals surface area contributed by atoms with E-state index in [0.29, 0.717) is 30.6 Å². The Morgan fingerprint density at radius 2 is 1.56 bits per heavy atom. The number of hydrogen-bond acceptors (Lipinski definition) is 6. The van der Waals surface area contributed by atoms with Crippen molar-refractivity contribution < 1.29 is 29.3 Å². The molecule has 4 N–H and O–H groups in total. The number of phenolic OH excluding ortho intramolecular Hbond substituents is 2. The highest BCUT2D eigenvalue weighted by Gasteiger charge is 2.36. The average molecular weight is 598 g/mol. The molecule has 0 saturated carbocycles. The summed E-state index contributed by atoms with van der Waals surface area (Å²) in [5.41, 5.74) is 1.11. The van der Waals surface area contributed by atoms with Crippen LogP contribution >= 0.6 is 0 Å². The molecule has 2 unspecified atom stereocenters. The molecule has 0 heterocycles. The van der Waals surface area contributed by atoms with Gasteiger partial charge in [-0.25, -0.2) is 4.79 Å². The van der Waals surface area contributed by atoms with Gasteiger partial charge in [0.2, 0.25) is 11.8 Å². The number of ether oxygens (including phenoxy) is 1. The van der Waals surface area contributed by atoms with Crippen molar-refractivity contribution in [3.05, 3.63) is 59.2 Å². The van der Waals surface area contributed by atoms with Gasteiger partial charge in [0, 0.05) is 19.5 Å². The van der Waals surface area contributed by atoms with Gasteiger partial charge in [0.15, 0.2) is 0 Å². The third kappa shape index (κ3) is 12.2. The highest BCUT2D eigenvalue weighted by Crippen LogP contribution is 2.28. The zero-order chi connectivity index (χ0) is 32.0. The van der Waals surface area contributed by atoms with E-state index in [1.165, 1.54) is 18.2 Å². The Hall–Kier alpha value is -3.75. The molecule has 0 saturated heterocycles. The molecule has 0 aliphatic heterocycles. The molecule has 0 bridgehead atoms. The number of aryl methyl sites for hydroxylation is 1. The van der Waals surface area contributed by atoms with Crippen LogP contribution in [0.4, 0.5) is 4.79 Å². The molecule has 9 nitrogen and oxygen atoms in total. The van der Waals surface area contributed by atoms with Gasteiger partial charge in [-0.15, -0.1) is 0 Å². The second-order valence-corrected chi connectivity index (χ2v) is 12.1. The van der Waals surface area contributed by atoms with E-state index >= 15 is 0 Å². The summed E-state index contributed by atoms with van der Waals surface area (Å²) in [6.45, 7) is 12.0. The van der Waals surface area contributed by atoms with E-state index in [4.69, 9.17) is 4.74 Å². The lowest BCUT2D eigenvalue weighted by atomic mass is 9.98. The van der Waals surface area contributed by atoms with Gasteiger partial charge in [-0.05, 0) is 81.5 Å². The Balaban J connectivity index is 2.56. The molecule has 2 atom stereocenters. The van der Waals surface area contributed by atoms with Gasteiger partial charge in [0.1, 0.15) is 29.2 Å². The van der Waals surface area contributed by atoms with Crippen LogP contribution in [-0.4, -0.2) is 57.8 Å². The number of carbonyl (C=O) groups is 3. The van der Waals surface area contributed by atoms with E-state index in [2.05, 4.69) is 24.5 Å². The first-order valence-corrected chi connectivity index (χ1v) is 15.5. The van der Waals surface area contributed by atoms with Crippen LogP contribution in [0.3, 0.4) is 0 Å². The minimum absolute atomic E-state index is 0.0896. The highest BCUT2D eigenvalue weighted by atomic mass is 16.6. The maximum atomic E-state index is 14.5. The monoisotopic (exact) mass is 597 g/mol. The van der Waals surface area contributed by atoms with Crippen molar-refractivity contribution in [3.8, 4) is 11.5 Å². The Morgan fingerprint density at radius 3 is 2.16 bits per heavy atom. The molecule has 2 rings (SSSR count). The standard InChI is InChI=1S/C34H51N3O6/c1-7-9-11-13-21-37(30(31(40)35-20-12-10-8-2)26-16-19-29(39)24(3)22-26)32(41)28(36-33(42)43-34(4,5)6)23-25-14-17-27(38)18-15-25/h14-19,22,28,30,38-39H,7-13,20-21,23H2,1-6H3,(H,35,40)(H,36,42). The second kappa shape index (κ2) is 17.4. The Labute approximate surface area is 257 Å². The van der Waals surface area contributed by atoms with Gasteiger partial charge in [-0.3, -0.25) is 9.59 Å². The van der Waals surface area contributed by atoms with Crippen LogP contribution < -0.4 is 10.6 Å². The van der Waals surface area contributed by atoms with Gasteiger partial charge >= 0.3 is 6.09 Å². The molecule has 3 amide bonds. The van der Waals surface area contributed by atoms with Gasteiger partial charge in [-0.2, -0.15) is 0 Å². The SMILES string of the molecule is CCCCCCN(C(=O)C(Cc1ccc(O)cc1)NC(=O)OC(C)(C)C)C(C(=O)NCCCCC)c1ccc(O)c(C)c1. The summed E-state index contributed by atoms with van der Waals surface area (Å²) in [6, 6.07) is 9.36. The molecule has 0 aliphatic rings. The lowest BCUT2D eigenvalue weighted by Crippen LogP contribution is -2.54. The van der Waals surface area contributed by atoms with Crippen LogP contribution in [0.5, 0.6) is 11.5 Å². The van der Waals surface area contributed by atoms with E-state index in [-0.39, 0.29) is 23.8 Å². The predicted octanol–water partition coefficient (Wildman–Crippen LogP) is 6.30. The van der Waals surface area contributed by atoms with Crippen LogP contribution in [0.1, 0.15) is 102 Å². The summed E-state index contributed by atoms with van der Waals surface area (Å²) >= 11 is 0. The van der Waals surface area contributed by atoms with E-state index in [0.717, 1.165) is 44.1 Å². The largest absolute Gasteiger partial charge is 0.508 e. The highest BCUT2D eigenvalue weighted by molar-refractivity contribution is 5.92. The quantitative estimate of drug-likeness (QED) is 0.168. The third-order valence-electron chi connectivity index (χ3n) is 7.08. The number of hydrogen-bond donors (Lipinski definition) is 4. The summed E-state index contributed by atoms with van der Waals surface area (Å²) < 4.78 is 5.50. The first-order chi connectivity index (χ1) is 20.4. The summed E-state index contributed by atoms with van der Waals surface area (Å²) in [7, 11) is 0. The summed E-state index contributed by atoms with van der Waals surface area (Å²) in [5, 5.41) is 25.8.